The minimum atomic E-state index is -0.132. The summed E-state index contributed by atoms with van der Waals surface area (Å²) in [5.41, 5.74) is 0.994. The van der Waals surface area contributed by atoms with E-state index in [9.17, 15) is 5.11 Å². The molecule has 0 bridgehead atoms. The number of phenolic OH excluding ortho intramolecular Hbond substituents is 1. The lowest BCUT2D eigenvalue weighted by atomic mass is 10.1. The minimum absolute atomic E-state index is 0.132. The molecule has 5 nitrogen and oxygen atoms in total. The van der Waals surface area contributed by atoms with Crippen LogP contribution in [0.2, 0.25) is 0 Å². The van der Waals surface area contributed by atoms with Crippen LogP contribution in [0.3, 0.4) is 0 Å². The number of aromatic nitrogens is 2. The average Bonchev–Trinajstić information content (AvgIpc) is 2.79. The molecule has 0 aliphatic rings. The molecule has 2 rings (SSSR count). The van der Waals surface area contributed by atoms with Gasteiger partial charge in [0.25, 0.3) is 0 Å². The smallest absolute Gasteiger partial charge is 0.227 e. The van der Waals surface area contributed by atoms with Gasteiger partial charge in [-0.3, -0.25) is 0 Å². The predicted molar refractivity (Wildman–Crippen MR) is 63.7 cm³/mol. The Labute approximate surface area is 105 Å². The second kappa shape index (κ2) is 5.32. The van der Waals surface area contributed by atoms with E-state index >= 15 is 0 Å². The third kappa shape index (κ3) is 3.08. The van der Waals surface area contributed by atoms with E-state index in [1.165, 1.54) is 0 Å². The molecule has 5 heteroatoms. The maximum atomic E-state index is 9.17. The summed E-state index contributed by atoms with van der Waals surface area (Å²) in [4.78, 5) is 4.22. The van der Waals surface area contributed by atoms with Crippen LogP contribution in [0, 0.1) is 17.2 Å². The molecule has 1 heterocycles. The lowest BCUT2D eigenvalue weighted by molar-refractivity contribution is 0.365. The van der Waals surface area contributed by atoms with E-state index in [1.807, 2.05) is 19.1 Å². The van der Waals surface area contributed by atoms with Crippen LogP contribution in [0.25, 0.3) is 0 Å². The molecule has 0 spiro atoms. The van der Waals surface area contributed by atoms with Crippen LogP contribution >= 0.6 is 0 Å². The number of hydrogen-bond acceptors (Lipinski definition) is 5. The SMILES string of the molecule is CC(C#N)Cc1nc(Cc2ccc(O)cc2)no1. The van der Waals surface area contributed by atoms with Crippen molar-refractivity contribution in [3.63, 3.8) is 0 Å². The number of phenols is 1. The number of nitriles is 1. The molecule has 0 radical (unpaired) electrons. The largest absolute Gasteiger partial charge is 0.508 e. The Morgan fingerprint density at radius 1 is 1.39 bits per heavy atom. The molecule has 0 aliphatic heterocycles. The summed E-state index contributed by atoms with van der Waals surface area (Å²) in [5, 5.41) is 21.7. The van der Waals surface area contributed by atoms with Gasteiger partial charge in [-0.15, -0.1) is 0 Å². The van der Waals surface area contributed by atoms with Crippen molar-refractivity contribution in [2.45, 2.75) is 19.8 Å². The molecule has 0 aliphatic carbocycles. The first-order valence-corrected chi connectivity index (χ1v) is 5.66. The summed E-state index contributed by atoms with van der Waals surface area (Å²) in [6.07, 6.45) is 1.02. The molecule has 1 atom stereocenters. The Kier molecular flexibility index (Phi) is 3.58. The van der Waals surface area contributed by atoms with Crippen LogP contribution in [0.15, 0.2) is 28.8 Å². The highest BCUT2D eigenvalue weighted by Gasteiger charge is 2.10. The fraction of sp³-hybridized carbons (Fsp3) is 0.308. The average molecular weight is 243 g/mol. The van der Waals surface area contributed by atoms with Gasteiger partial charge in [0, 0.05) is 12.8 Å². The van der Waals surface area contributed by atoms with E-state index in [0.717, 1.165) is 5.56 Å². The Balaban J connectivity index is 2.02. The predicted octanol–water partition coefficient (Wildman–Crippen LogP) is 2.07. The zero-order valence-corrected chi connectivity index (χ0v) is 10.00. The Morgan fingerprint density at radius 2 is 2.11 bits per heavy atom. The summed E-state index contributed by atoms with van der Waals surface area (Å²) in [7, 11) is 0. The number of nitrogens with zero attached hydrogens (tertiary/aromatic N) is 3. The fourth-order valence-corrected chi connectivity index (χ4v) is 1.55. The molecule has 1 aromatic carbocycles. The Morgan fingerprint density at radius 3 is 2.78 bits per heavy atom. The van der Waals surface area contributed by atoms with Crippen molar-refractivity contribution in [2.24, 2.45) is 5.92 Å². The van der Waals surface area contributed by atoms with Crippen molar-refractivity contribution >= 4 is 0 Å². The Hall–Kier alpha value is -2.35. The van der Waals surface area contributed by atoms with Gasteiger partial charge in [0.2, 0.25) is 5.89 Å². The molecule has 0 saturated carbocycles. The number of hydrogen-bond donors (Lipinski definition) is 1. The van der Waals surface area contributed by atoms with Crippen molar-refractivity contribution in [2.75, 3.05) is 0 Å². The van der Waals surface area contributed by atoms with Gasteiger partial charge in [0.15, 0.2) is 5.82 Å². The molecule has 0 fully saturated rings. The summed E-state index contributed by atoms with van der Waals surface area (Å²) >= 11 is 0. The molecular weight excluding hydrogens is 230 g/mol. The molecule has 92 valence electrons. The summed E-state index contributed by atoms with van der Waals surface area (Å²) in [6.45, 7) is 1.81. The zero-order valence-electron chi connectivity index (χ0n) is 10.00. The second-order valence-electron chi connectivity index (χ2n) is 4.18. The minimum Gasteiger partial charge on any atom is -0.508 e. The van der Waals surface area contributed by atoms with Crippen LogP contribution in [0.5, 0.6) is 5.75 Å². The monoisotopic (exact) mass is 243 g/mol. The normalized spacial score (nSPS) is 12.0. The maximum Gasteiger partial charge on any atom is 0.227 e. The second-order valence-corrected chi connectivity index (χ2v) is 4.18. The van der Waals surface area contributed by atoms with E-state index in [4.69, 9.17) is 9.78 Å². The zero-order chi connectivity index (χ0) is 13.0. The van der Waals surface area contributed by atoms with Crippen molar-refractivity contribution in [3.8, 4) is 11.8 Å². The van der Waals surface area contributed by atoms with E-state index in [1.54, 1.807) is 12.1 Å². The molecule has 1 N–H and O–H groups in total. The third-order valence-electron chi connectivity index (χ3n) is 2.51. The van der Waals surface area contributed by atoms with Crippen LogP contribution in [-0.4, -0.2) is 15.2 Å². The summed E-state index contributed by atoms with van der Waals surface area (Å²) in [6, 6.07) is 8.98. The van der Waals surface area contributed by atoms with Crippen molar-refractivity contribution in [3.05, 3.63) is 41.5 Å². The van der Waals surface area contributed by atoms with Gasteiger partial charge in [0.1, 0.15) is 5.75 Å². The lowest BCUT2D eigenvalue weighted by Gasteiger charge is -1.96. The van der Waals surface area contributed by atoms with E-state index in [0.29, 0.717) is 24.6 Å². The first-order chi connectivity index (χ1) is 8.67. The number of aromatic hydroxyl groups is 1. The van der Waals surface area contributed by atoms with Crippen LogP contribution in [0.4, 0.5) is 0 Å². The molecular formula is C13H13N3O2. The van der Waals surface area contributed by atoms with Gasteiger partial charge in [-0.25, -0.2) is 0 Å². The first-order valence-electron chi connectivity index (χ1n) is 5.66. The molecule has 1 aromatic heterocycles. The molecule has 0 saturated heterocycles. The highest BCUT2D eigenvalue weighted by molar-refractivity contribution is 5.27. The first kappa shape index (κ1) is 12.1. The molecule has 2 aromatic rings. The van der Waals surface area contributed by atoms with Gasteiger partial charge < -0.3 is 9.63 Å². The quantitative estimate of drug-likeness (QED) is 0.888. The summed E-state index contributed by atoms with van der Waals surface area (Å²) < 4.78 is 5.07. The van der Waals surface area contributed by atoms with Crippen molar-refractivity contribution < 1.29 is 9.63 Å². The van der Waals surface area contributed by atoms with E-state index < -0.39 is 0 Å². The summed E-state index contributed by atoms with van der Waals surface area (Å²) in [5.74, 6) is 1.17. The standard InChI is InChI=1S/C13H13N3O2/c1-9(8-14)6-13-15-12(16-18-13)7-10-2-4-11(17)5-3-10/h2-5,9,17H,6-7H2,1H3. The van der Waals surface area contributed by atoms with Gasteiger partial charge >= 0.3 is 0 Å². The van der Waals surface area contributed by atoms with Gasteiger partial charge in [-0.05, 0) is 24.6 Å². The van der Waals surface area contributed by atoms with Gasteiger partial charge in [0.05, 0.1) is 12.0 Å². The van der Waals surface area contributed by atoms with E-state index in [2.05, 4.69) is 16.2 Å². The molecule has 18 heavy (non-hydrogen) atoms. The highest BCUT2D eigenvalue weighted by atomic mass is 16.5. The van der Waals surface area contributed by atoms with Crippen molar-refractivity contribution in [1.82, 2.24) is 10.1 Å². The fourth-order valence-electron chi connectivity index (χ4n) is 1.55. The number of benzene rings is 1. The Bertz CT molecular complexity index is 554. The van der Waals surface area contributed by atoms with Crippen LogP contribution < -0.4 is 0 Å². The molecule has 0 amide bonds. The molecule has 1 unspecified atom stereocenters. The highest BCUT2D eigenvalue weighted by Crippen LogP contribution is 2.13. The van der Waals surface area contributed by atoms with Gasteiger partial charge in [-0.2, -0.15) is 10.2 Å². The maximum absolute atomic E-state index is 9.17. The van der Waals surface area contributed by atoms with Crippen LogP contribution in [0.1, 0.15) is 24.2 Å². The lowest BCUT2D eigenvalue weighted by Crippen LogP contribution is -1.97. The van der Waals surface area contributed by atoms with E-state index in [-0.39, 0.29) is 11.7 Å². The van der Waals surface area contributed by atoms with Crippen molar-refractivity contribution in [1.29, 1.82) is 5.26 Å². The topological polar surface area (TPSA) is 82.9 Å². The van der Waals surface area contributed by atoms with Gasteiger partial charge in [-0.1, -0.05) is 17.3 Å². The third-order valence-corrected chi connectivity index (χ3v) is 2.51. The number of rotatable bonds is 4. The van der Waals surface area contributed by atoms with Crippen LogP contribution in [-0.2, 0) is 12.8 Å².